The fourth-order valence-electron chi connectivity index (χ4n) is 2.15. The number of carboxylic acid groups (broad SMARTS) is 1. The lowest BCUT2D eigenvalue weighted by molar-refractivity contribution is -0.384. The summed E-state index contributed by atoms with van der Waals surface area (Å²) in [6, 6.07) is 7.36. The molecule has 130 valence electrons. The van der Waals surface area contributed by atoms with Crippen LogP contribution in [0.15, 0.2) is 36.4 Å². The lowest BCUT2D eigenvalue weighted by atomic mass is 10.1. The number of anilines is 2. The molecule has 2 aromatic carbocycles. The minimum atomic E-state index is -1.22. The number of carbonyl (C=O) groups is 2. The first-order chi connectivity index (χ1) is 11.7. The standard InChI is InChI=1S/C16H15N3O6/c1-18(2)12-5-3-9(8-13(12)19(24)25)15(21)17-11-7-10(16(22)23)4-6-14(11)20/h3-8,20H,1-2H3,(H,17,21)(H,22,23). The van der Waals surface area contributed by atoms with Gasteiger partial charge in [-0.2, -0.15) is 0 Å². The molecule has 3 N–H and O–H groups in total. The molecule has 9 nitrogen and oxygen atoms in total. The van der Waals surface area contributed by atoms with Gasteiger partial charge in [-0.3, -0.25) is 14.9 Å². The predicted molar refractivity (Wildman–Crippen MR) is 90.4 cm³/mol. The number of phenolic OH excluding ortho intramolecular Hbond substituents is 1. The number of carbonyl (C=O) groups excluding carboxylic acids is 1. The number of hydrogen-bond donors (Lipinski definition) is 3. The lowest BCUT2D eigenvalue weighted by Crippen LogP contribution is -2.15. The first-order valence-electron chi connectivity index (χ1n) is 7.04. The van der Waals surface area contributed by atoms with Crippen LogP contribution in [0.4, 0.5) is 17.1 Å². The van der Waals surface area contributed by atoms with Crippen molar-refractivity contribution in [1.82, 2.24) is 0 Å². The summed E-state index contributed by atoms with van der Waals surface area (Å²) in [5.74, 6) is -2.26. The first-order valence-corrected chi connectivity index (χ1v) is 7.04. The summed E-state index contributed by atoms with van der Waals surface area (Å²) in [6.45, 7) is 0. The van der Waals surface area contributed by atoms with E-state index in [0.29, 0.717) is 5.69 Å². The van der Waals surface area contributed by atoms with Crippen LogP contribution in [0.2, 0.25) is 0 Å². The maximum atomic E-state index is 12.3. The predicted octanol–water partition coefficient (Wildman–Crippen LogP) is 2.32. The maximum absolute atomic E-state index is 12.3. The molecule has 0 heterocycles. The molecule has 0 spiro atoms. The molecule has 0 atom stereocenters. The van der Waals surface area contributed by atoms with Gasteiger partial charge < -0.3 is 20.4 Å². The fraction of sp³-hybridized carbons (Fsp3) is 0.125. The van der Waals surface area contributed by atoms with Gasteiger partial charge in [-0.1, -0.05) is 0 Å². The monoisotopic (exact) mass is 345 g/mol. The molecule has 9 heteroatoms. The Labute approximate surface area is 142 Å². The second-order valence-electron chi connectivity index (χ2n) is 5.35. The second kappa shape index (κ2) is 6.87. The zero-order chi connectivity index (χ0) is 18.7. The van der Waals surface area contributed by atoms with E-state index in [1.165, 1.54) is 18.2 Å². The van der Waals surface area contributed by atoms with E-state index < -0.39 is 16.8 Å². The van der Waals surface area contributed by atoms with Crippen LogP contribution in [0.3, 0.4) is 0 Å². The number of nitrogens with one attached hydrogen (secondary N) is 1. The second-order valence-corrected chi connectivity index (χ2v) is 5.35. The van der Waals surface area contributed by atoms with E-state index in [9.17, 15) is 24.8 Å². The van der Waals surface area contributed by atoms with Crippen LogP contribution in [0.25, 0.3) is 0 Å². The van der Waals surface area contributed by atoms with E-state index in [4.69, 9.17) is 5.11 Å². The molecule has 0 aromatic heterocycles. The first kappa shape index (κ1) is 17.7. The van der Waals surface area contributed by atoms with Crippen LogP contribution in [0.1, 0.15) is 20.7 Å². The SMILES string of the molecule is CN(C)c1ccc(C(=O)Nc2cc(C(=O)O)ccc2O)cc1[N+](=O)[O-]. The molecule has 0 unspecified atom stereocenters. The van der Waals surface area contributed by atoms with Gasteiger partial charge in [-0.05, 0) is 30.3 Å². The smallest absolute Gasteiger partial charge is 0.335 e. The van der Waals surface area contributed by atoms with Gasteiger partial charge in [-0.15, -0.1) is 0 Å². The zero-order valence-electron chi connectivity index (χ0n) is 13.4. The number of carboxylic acids is 1. The Balaban J connectivity index is 2.36. The van der Waals surface area contributed by atoms with Crippen molar-refractivity contribution in [2.45, 2.75) is 0 Å². The van der Waals surface area contributed by atoms with E-state index >= 15 is 0 Å². The Morgan fingerprint density at radius 3 is 2.32 bits per heavy atom. The van der Waals surface area contributed by atoms with E-state index in [2.05, 4.69) is 5.32 Å². The quantitative estimate of drug-likeness (QED) is 0.430. The van der Waals surface area contributed by atoms with Crippen molar-refractivity contribution in [1.29, 1.82) is 0 Å². The number of nitro groups is 1. The maximum Gasteiger partial charge on any atom is 0.335 e. The third-order valence-electron chi connectivity index (χ3n) is 3.41. The molecule has 0 saturated carbocycles. The number of aromatic hydroxyl groups is 1. The van der Waals surface area contributed by atoms with Gasteiger partial charge in [0.05, 0.1) is 16.2 Å². The minimum absolute atomic E-state index is 0.00238. The van der Waals surface area contributed by atoms with Crippen molar-refractivity contribution in [2.75, 3.05) is 24.3 Å². The average molecular weight is 345 g/mol. The highest BCUT2D eigenvalue weighted by atomic mass is 16.6. The molecule has 2 aromatic rings. The number of nitro benzene ring substituents is 1. The third-order valence-corrected chi connectivity index (χ3v) is 3.41. The summed E-state index contributed by atoms with van der Waals surface area (Å²) in [5.41, 5.74) is -0.151. The number of aromatic carboxylic acids is 1. The van der Waals surface area contributed by atoms with Gasteiger partial charge in [0.1, 0.15) is 11.4 Å². The average Bonchev–Trinajstić information content (AvgIpc) is 2.55. The number of hydrogen-bond acceptors (Lipinski definition) is 6. The van der Waals surface area contributed by atoms with Gasteiger partial charge in [0.15, 0.2) is 0 Å². The van der Waals surface area contributed by atoms with Crippen LogP contribution in [0, 0.1) is 10.1 Å². The molecule has 0 aliphatic carbocycles. The highest BCUT2D eigenvalue weighted by molar-refractivity contribution is 6.06. The van der Waals surface area contributed by atoms with Crippen molar-refractivity contribution >= 4 is 28.9 Å². The van der Waals surface area contributed by atoms with Gasteiger partial charge in [0.25, 0.3) is 11.6 Å². The largest absolute Gasteiger partial charge is 0.506 e. The van der Waals surface area contributed by atoms with Crippen LogP contribution < -0.4 is 10.2 Å². The fourth-order valence-corrected chi connectivity index (χ4v) is 2.15. The molecular weight excluding hydrogens is 330 g/mol. The molecule has 0 fully saturated rings. The topological polar surface area (TPSA) is 133 Å². The summed E-state index contributed by atoms with van der Waals surface area (Å²) < 4.78 is 0. The van der Waals surface area contributed by atoms with E-state index in [-0.39, 0.29) is 28.3 Å². The molecule has 0 radical (unpaired) electrons. The lowest BCUT2D eigenvalue weighted by Gasteiger charge is -2.13. The van der Waals surface area contributed by atoms with Crippen LogP contribution >= 0.6 is 0 Å². The Hall–Kier alpha value is -3.62. The summed E-state index contributed by atoms with van der Waals surface area (Å²) in [7, 11) is 3.27. The van der Waals surface area contributed by atoms with Gasteiger partial charge in [-0.25, -0.2) is 4.79 Å². The number of amides is 1. The van der Waals surface area contributed by atoms with E-state index in [0.717, 1.165) is 18.2 Å². The molecule has 0 bridgehead atoms. The number of rotatable bonds is 5. The van der Waals surface area contributed by atoms with E-state index in [1.54, 1.807) is 19.0 Å². The number of benzene rings is 2. The number of nitrogens with zero attached hydrogens (tertiary/aromatic N) is 2. The summed E-state index contributed by atoms with van der Waals surface area (Å²) in [6.07, 6.45) is 0. The van der Waals surface area contributed by atoms with E-state index in [1.807, 2.05) is 0 Å². The van der Waals surface area contributed by atoms with Gasteiger partial charge >= 0.3 is 5.97 Å². The molecule has 0 aliphatic heterocycles. The Morgan fingerprint density at radius 2 is 1.76 bits per heavy atom. The zero-order valence-corrected chi connectivity index (χ0v) is 13.4. The highest BCUT2D eigenvalue weighted by Gasteiger charge is 2.19. The van der Waals surface area contributed by atoms with Crippen molar-refractivity contribution < 1.29 is 24.7 Å². The third kappa shape index (κ3) is 3.83. The molecular formula is C16H15N3O6. The molecule has 2 rings (SSSR count). The van der Waals surface area contributed by atoms with Crippen LogP contribution in [-0.2, 0) is 0 Å². The summed E-state index contributed by atoms with van der Waals surface area (Å²) in [4.78, 5) is 35.4. The molecule has 0 saturated heterocycles. The number of phenols is 1. The van der Waals surface area contributed by atoms with Crippen molar-refractivity contribution in [3.63, 3.8) is 0 Å². The van der Waals surface area contributed by atoms with Crippen LogP contribution in [0.5, 0.6) is 5.75 Å². The minimum Gasteiger partial charge on any atom is -0.506 e. The Morgan fingerprint density at radius 1 is 1.12 bits per heavy atom. The normalized spacial score (nSPS) is 10.2. The highest BCUT2D eigenvalue weighted by Crippen LogP contribution is 2.29. The van der Waals surface area contributed by atoms with Crippen molar-refractivity contribution in [3.8, 4) is 5.75 Å². The molecule has 25 heavy (non-hydrogen) atoms. The van der Waals surface area contributed by atoms with Gasteiger partial charge in [0, 0.05) is 25.7 Å². The van der Waals surface area contributed by atoms with Crippen molar-refractivity contribution in [2.24, 2.45) is 0 Å². The molecule has 1 amide bonds. The molecule has 0 aliphatic rings. The Bertz CT molecular complexity index is 863. The van der Waals surface area contributed by atoms with Crippen molar-refractivity contribution in [3.05, 3.63) is 57.6 Å². The summed E-state index contributed by atoms with van der Waals surface area (Å²) >= 11 is 0. The Kier molecular flexibility index (Phi) is 4.87. The summed E-state index contributed by atoms with van der Waals surface area (Å²) in [5, 5.41) is 32.2. The van der Waals surface area contributed by atoms with Gasteiger partial charge in [0.2, 0.25) is 0 Å². The van der Waals surface area contributed by atoms with Crippen LogP contribution in [-0.4, -0.2) is 41.1 Å².